The lowest BCUT2D eigenvalue weighted by Gasteiger charge is -2.13. The molecule has 1 heterocycles. The third kappa shape index (κ3) is 5.87. The van der Waals surface area contributed by atoms with Crippen LogP contribution in [0.4, 0.5) is 0 Å². The van der Waals surface area contributed by atoms with Gasteiger partial charge in [-0.25, -0.2) is 0 Å². The van der Waals surface area contributed by atoms with Crippen molar-refractivity contribution in [3.05, 3.63) is 18.0 Å². The van der Waals surface area contributed by atoms with Gasteiger partial charge in [0.05, 0.1) is 12.1 Å². The van der Waals surface area contributed by atoms with E-state index in [0.717, 1.165) is 32.4 Å². The number of aromatic nitrogens is 2. The van der Waals surface area contributed by atoms with E-state index in [-0.39, 0.29) is 5.92 Å². The molecule has 0 saturated heterocycles. The van der Waals surface area contributed by atoms with E-state index in [1.54, 1.807) is 6.92 Å². The van der Waals surface area contributed by atoms with Crippen molar-refractivity contribution in [2.24, 2.45) is 5.92 Å². The summed E-state index contributed by atoms with van der Waals surface area (Å²) < 4.78 is 1.91. The molecule has 1 aromatic heterocycles. The van der Waals surface area contributed by atoms with E-state index in [0.29, 0.717) is 6.04 Å². The molecular weight excluding hydrogens is 242 g/mol. The molecule has 0 saturated carbocycles. The molecule has 108 valence electrons. The van der Waals surface area contributed by atoms with E-state index in [1.807, 2.05) is 17.1 Å². The first-order valence-corrected chi connectivity index (χ1v) is 7.00. The smallest absolute Gasteiger partial charge is 0.306 e. The van der Waals surface area contributed by atoms with Crippen molar-refractivity contribution in [2.75, 3.05) is 0 Å². The van der Waals surface area contributed by atoms with Crippen molar-refractivity contribution in [3.8, 4) is 0 Å². The second-order valence-electron chi connectivity index (χ2n) is 5.16. The summed E-state index contributed by atoms with van der Waals surface area (Å²) in [4.78, 5) is 10.7. The van der Waals surface area contributed by atoms with Gasteiger partial charge in [-0.15, -0.1) is 0 Å². The Morgan fingerprint density at radius 3 is 2.79 bits per heavy atom. The topological polar surface area (TPSA) is 67.2 Å². The Labute approximate surface area is 115 Å². The number of nitrogens with one attached hydrogen (secondary N) is 1. The zero-order valence-corrected chi connectivity index (χ0v) is 12.1. The number of carboxylic acids is 1. The number of carboxylic acid groups (broad SMARTS) is 1. The van der Waals surface area contributed by atoms with Gasteiger partial charge < -0.3 is 10.4 Å². The molecule has 0 amide bonds. The van der Waals surface area contributed by atoms with Gasteiger partial charge in [0.1, 0.15) is 0 Å². The summed E-state index contributed by atoms with van der Waals surface area (Å²) in [5, 5.41) is 16.5. The molecule has 19 heavy (non-hydrogen) atoms. The number of aryl methyl sites for hydroxylation is 1. The van der Waals surface area contributed by atoms with Crippen molar-refractivity contribution in [1.82, 2.24) is 15.1 Å². The Hall–Kier alpha value is -1.36. The van der Waals surface area contributed by atoms with Crippen molar-refractivity contribution in [3.63, 3.8) is 0 Å². The quantitative estimate of drug-likeness (QED) is 0.720. The van der Waals surface area contributed by atoms with Crippen LogP contribution in [0.5, 0.6) is 0 Å². The summed E-state index contributed by atoms with van der Waals surface area (Å²) in [7, 11) is 0. The van der Waals surface area contributed by atoms with Crippen LogP contribution in [0, 0.1) is 5.92 Å². The van der Waals surface area contributed by atoms with Crippen LogP contribution in [0.1, 0.15) is 45.6 Å². The second kappa shape index (κ2) is 7.94. The lowest BCUT2D eigenvalue weighted by Crippen LogP contribution is -2.25. The molecule has 2 N–H and O–H groups in total. The predicted octanol–water partition coefficient (Wildman–Crippen LogP) is 2.27. The van der Waals surface area contributed by atoms with Crippen molar-refractivity contribution < 1.29 is 9.90 Å². The van der Waals surface area contributed by atoms with E-state index < -0.39 is 5.97 Å². The monoisotopic (exact) mass is 267 g/mol. The number of carbonyl (C=O) groups is 1. The van der Waals surface area contributed by atoms with Gasteiger partial charge in [0.15, 0.2) is 0 Å². The summed E-state index contributed by atoms with van der Waals surface area (Å²) in [5.74, 6) is -0.942. The van der Waals surface area contributed by atoms with Gasteiger partial charge >= 0.3 is 5.97 Å². The summed E-state index contributed by atoms with van der Waals surface area (Å²) >= 11 is 0. The van der Waals surface area contributed by atoms with Crippen molar-refractivity contribution in [1.29, 1.82) is 0 Å². The average molecular weight is 267 g/mol. The maximum absolute atomic E-state index is 10.7. The molecule has 1 rings (SSSR count). The summed E-state index contributed by atoms with van der Waals surface area (Å²) in [6, 6.07) is 0.394. The first-order chi connectivity index (χ1) is 9.02. The molecule has 1 aromatic rings. The highest BCUT2D eigenvalue weighted by Crippen LogP contribution is 2.10. The van der Waals surface area contributed by atoms with Crippen LogP contribution in [0.2, 0.25) is 0 Å². The van der Waals surface area contributed by atoms with E-state index in [2.05, 4.69) is 24.3 Å². The largest absolute Gasteiger partial charge is 0.481 e. The highest BCUT2D eigenvalue weighted by atomic mass is 16.4. The Morgan fingerprint density at radius 2 is 2.21 bits per heavy atom. The van der Waals surface area contributed by atoms with Gasteiger partial charge in [-0.1, -0.05) is 13.3 Å². The molecule has 0 bridgehead atoms. The Morgan fingerprint density at radius 1 is 1.47 bits per heavy atom. The number of hydrogen-bond donors (Lipinski definition) is 2. The Kier molecular flexibility index (Phi) is 6.56. The predicted molar refractivity (Wildman–Crippen MR) is 74.9 cm³/mol. The molecule has 2 unspecified atom stereocenters. The van der Waals surface area contributed by atoms with Crippen LogP contribution >= 0.6 is 0 Å². The van der Waals surface area contributed by atoms with E-state index in [4.69, 9.17) is 5.11 Å². The molecule has 0 aliphatic rings. The summed E-state index contributed by atoms with van der Waals surface area (Å²) in [6.45, 7) is 7.67. The molecule has 5 heteroatoms. The fraction of sp³-hybridized carbons (Fsp3) is 0.714. The standard InChI is InChI=1S/C14H25N3O2/c1-4-17-10-13(9-16-17)8-15-12(3)7-5-6-11(2)14(18)19/h9-12,15H,4-8H2,1-3H3,(H,18,19). The first-order valence-electron chi connectivity index (χ1n) is 7.00. The minimum absolute atomic E-state index is 0.241. The molecule has 0 aliphatic heterocycles. The summed E-state index contributed by atoms with van der Waals surface area (Å²) in [5.41, 5.74) is 1.19. The Balaban J connectivity index is 2.17. The maximum atomic E-state index is 10.7. The first kappa shape index (κ1) is 15.7. The second-order valence-corrected chi connectivity index (χ2v) is 5.16. The molecule has 0 radical (unpaired) electrons. The van der Waals surface area contributed by atoms with Gasteiger partial charge in [0.2, 0.25) is 0 Å². The van der Waals surface area contributed by atoms with Gasteiger partial charge in [-0.05, 0) is 26.7 Å². The maximum Gasteiger partial charge on any atom is 0.306 e. The van der Waals surface area contributed by atoms with Crippen LogP contribution in [0.15, 0.2) is 12.4 Å². The average Bonchev–Trinajstić information content (AvgIpc) is 2.84. The lowest BCUT2D eigenvalue weighted by atomic mass is 10.0. The Bertz CT molecular complexity index is 390. The minimum atomic E-state index is -0.701. The van der Waals surface area contributed by atoms with Gasteiger partial charge in [-0.3, -0.25) is 9.48 Å². The number of aliphatic carboxylic acids is 1. The van der Waals surface area contributed by atoms with Gasteiger partial charge in [0.25, 0.3) is 0 Å². The third-order valence-electron chi connectivity index (χ3n) is 3.36. The van der Waals surface area contributed by atoms with E-state index in [1.165, 1.54) is 5.56 Å². The zero-order chi connectivity index (χ0) is 14.3. The highest BCUT2D eigenvalue weighted by Gasteiger charge is 2.11. The fourth-order valence-corrected chi connectivity index (χ4v) is 1.92. The number of nitrogens with zero attached hydrogens (tertiary/aromatic N) is 2. The highest BCUT2D eigenvalue weighted by molar-refractivity contribution is 5.69. The third-order valence-corrected chi connectivity index (χ3v) is 3.36. The fourth-order valence-electron chi connectivity index (χ4n) is 1.92. The van der Waals surface area contributed by atoms with Crippen LogP contribution in [-0.4, -0.2) is 26.9 Å². The lowest BCUT2D eigenvalue weighted by molar-refractivity contribution is -0.141. The van der Waals surface area contributed by atoms with Gasteiger partial charge in [0, 0.05) is 30.9 Å². The number of rotatable bonds is 9. The molecule has 0 spiro atoms. The molecular formula is C14H25N3O2. The number of hydrogen-bond acceptors (Lipinski definition) is 3. The SMILES string of the molecule is CCn1cc(CNC(C)CCCC(C)C(=O)O)cn1. The van der Waals surface area contributed by atoms with E-state index >= 15 is 0 Å². The normalized spacial score (nSPS) is 14.3. The van der Waals surface area contributed by atoms with E-state index in [9.17, 15) is 4.79 Å². The zero-order valence-electron chi connectivity index (χ0n) is 12.1. The van der Waals surface area contributed by atoms with Crippen LogP contribution < -0.4 is 5.32 Å². The minimum Gasteiger partial charge on any atom is -0.481 e. The van der Waals surface area contributed by atoms with Crippen LogP contribution in [0.3, 0.4) is 0 Å². The van der Waals surface area contributed by atoms with Crippen molar-refractivity contribution >= 4 is 5.97 Å². The van der Waals surface area contributed by atoms with Crippen LogP contribution in [-0.2, 0) is 17.9 Å². The molecule has 0 aliphatic carbocycles. The molecule has 0 fully saturated rings. The van der Waals surface area contributed by atoms with Crippen molar-refractivity contribution in [2.45, 2.75) is 59.2 Å². The summed E-state index contributed by atoms with van der Waals surface area (Å²) in [6.07, 6.45) is 6.62. The molecule has 0 aromatic carbocycles. The van der Waals surface area contributed by atoms with Gasteiger partial charge in [-0.2, -0.15) is 5.10 Å². The molecule has 5 nitrogen and oxygen atoms in total. The van der Waals surface area contributed by atoms with Crippen LogP contribution in [0.25, 0.3) is 0 Å². The molecule has 2 atom stereocenters.